The first-order chi connectivity index (χ1) is 16.0. The van der Waals surface area contributed by atoms with Crippen molar-refractivity contribution >= 4 is 19.7 Å². The molecule has 0 fully saturated rings. The van der Waals surface area contributed by atoms with Crippen LogP contribution >= 0.6 is 7.82 Å². The van der Waals surface area contributed by atoms with Crippen LogP contribution in [0.5, 0.6) is 0 Å². The Bertz CT molecular complexity index is 596. The molecular formula is C24H49N2O7P. The number of carbonyl (C=O) groups is 2. The third-order valence-corrected chi connectivity index (χ3v) is 6.52. The minimum absolute atomic E-state index is 0.0760. The van der Waals surface area contributed by atoms with Crippen LogP contribution in [0.15, 0.2) is 0 Å². The second kappa shape index (κ2) is 19.2. The maximum Gasteiger partial charge on any atom is 0.328 e. The zero-order chi connectivity index (χ0) is 25.9. The average molecular weight is 509 g/mol. The maximum atomic E-state index is 12.1. The van der Waals surface area contributed by atoms with Crippen LogP contribution < -0.4 is 10.2 Å². The van der Waals surface area contributed by atoms with Gasteiger partial charge in [0.1, 0.15) is 13.2 Å². The third kappa shape index (κ3) is 21.5. The molecule has 0 aliphatic heterocycles. The summed E-state index contributed by atoms with van der Waals surface area (Å²) in [7, 11) is 1.01. The van der Waals surface area contributed by atoms with E-state index < -0.39 is 32.3 Å². The van der Waals surface area contributed by atoms with Crippen LogP contribution in [-0.4, -0.2) is 68.4 Å². The van der Waals surface area contributed by atoms with Crippen molar-refractivity contribution in [2.24, 2.45) is 0 Å². The summed E-state index contributed by atoms with van der Waals surface area (Å²) < 4.78 is 21.7. The maximum absolute atomic E-state index is 12.1. The summed E-state index contributed by atoms with van der Waals surface area (Å²) in [5.41, 5.74) is 0. The molecule has 0 bridgehead atoms. The highest BCUT2D eigenvalue weighted by Crippen LogP contribution is 2.38. The summed E-state index contributed by atoms with van der Waals surface area (Å²) >= 11 is 0. The number of hydrogen-bond acceptors (Lipinski definition) is 6. The standard InChI is InChI=1S/C24H49N2O7P/c1-5-6-7-8-9-10-11-12-13-14-15-16-17-18-23(27)25-22(24(28)29)21-33-34(30,31)32-20-19-26(2,3)4/h22H,5-21H2,1-4H3,(H2-,25,27,28,29,30,31)/t22-/m0/s1. The number of rotatable bonds is 23. The first-order valence-corrected chi connectivity index (χ1v) is 14.4. The normalized spacial score (nSPS) is 14.5. The van der Waals surface area contributed by atoms with Crippen LogP contribution in [0, 0.1) is 0 Å². The number of phosphoric acid groups is 1. The van der Waals surface area contributed by atoms with Crippen LogP contribution in [0.2, 0.25) is 0 Å². The fourth-order valence-corrected chi connectivity index (χ4v) is 4.09. The van der Waals surface area contributed by atoms with Gasteiger partial charge in [-0.2, -0.15) is 0 Å². The molecule has 2 atom stereocenters. The lowest BCUT2D eigenvalue weighted by Crippen LogP contribution is -2.44. The smallest absolute Gasteiger partial charge is 0.328 e. The number of nitrogens with one attached hydrogen (secondary N) is 1. The third-order valence-electron chi connectivity index (χ3n) is 5.55. The molecule has 0 rings (SSSR count). The number of quaternary nitrogens is 1. The van der Waals surface area contributed by atoms with E-state index in [9.17, 15) is 24.2 Å². The SMILES string of the molecule is CCCCCCCCCCCCCCCC(=O)N[C@@H](COP(=O)([O-])OCC[N+](C)(C)C)C(=O)O. The molecule has 1 unspecified atom stereocenters. The number of amides is 1. The summed E-state index contributed by atoms with van der Waals surface area (Å²) in [6, 6.07) is -1.45. The molecule has 0 heterocycles. The number of phosphoric ester groups is 1. The summed E-state index contributed by atoms with van der Waals surface area (Å²) in [5, 5.41) is 11.6. The van der Waals surface area contributed by atoms with Gasteiger partial charge in [0.2, 0.25) is 5.91 Å². The van der Waals surface area contributed by atoms with Gasteiger partial charge in [-0.3, -0.25) is 9.36 Å². The van der Waals surface area contributed by atoms with Gasteiger partial charge < -0.3 is 28.8 Å². The Kier molecular flexibility index (Phi) is 18.7. The molecule has 0 radical (unpaired) electrons. The van der Waals surface area contributed by atoms with Gasteiger partial charge in [-0.25, -0.2) is 4.79 Å². The number of carbonyl (C=O) groups excluding carboxylic acids is 1. The largest absolute Gasteiger partial charge is 0.756 e. The number of likely N-dealkylation sites (N-methyl/N-ethyl adjacent to an activating group) is 1. The van der Waals surface area contributed by atoms with Crippen molar-refractivity contribution in [3.8, 4) is 0 Å². The van der Waals surface area contributed by atoms with Gasteiger partial charge in [-0.15, -0.1) is 0 Å². The molecule has 0 saturated heterocycles. The molecule has 0 aromatic heterocycles. The van der Waals surface area contributed by atoms with E-state index in [1.807, 2.05) is 21.1 Å². The topological polar surface area (TPSA) is 125 Å². The number of nitrogens with zero attached hydrogens (tertiary/aromatic N) is 1. The molecule has 9 nitrogen and oxygen atoms in total. The van der Waals surface area contributed by atoms with E-state index in [-0.39, 0.29) is 13.0 Å². The van der Waals surface area contributed by atoms with E-state index in [2.05, 4.69) is 16.8 Å². The fourth-order valence-electron chi connectivity index (χ4n) is 3.37. The zero-order valence-electron chi connectivity index (χ0n) is 21.9. The van der Waals surface area contributed by atoms with Gasteiger partial charge in [-0.05, 0) is 6.42 Å². The first-order valence-electron chi connectivity index (χ1n) is 12.9. The van der Waals surface area contributed by atoms with Gasteiger partial charge in [0, 0.05) is 6.42 Å². The van der Waals surface area contributed by atoms with Crippen molar-refractivity contribution in [3.63, 3.8) is 0 Å². The summed E-state index contributed by atoms with van der Waals surface area (Å²) in [6.07, 6.45) is 15.8. The van der Waals surface area contributed by atoms with Gasteiger partial charge in [-0.1, -0.05) is 84.0 Å². The minimum atomic E-state index is -4.64. The molecule has 0 aliphatic carbocycles. The van der Waals surface area contributed by atoms with E-state index in [0.29, 0.717) is 17.4 Å². The van der Waals surface area contributed by atoms with Crippen LogP contribution in [0.3, 0.4) is 0 Å². The lowest BCUT2D eigenvalue weighted by Gasteiger charge is -2.28. The molecule has 10 heteroatoms. The Morgan fingerprint density at radius 2 is 1.35 bits per heavy atom. The monoisotopic (exact) mass is 508 g/mol. The predicted molar refractivity (Wildman–Crippen MR) is 132 cm³/mol. The highest BCUT2D eigenvalue weighted by molar-refractivity contribution is 7.45. The number of aliphatic carboxylic acids is 1. The van der Waals surface area contributed by atoms with Gasteiger partial charge in [0.05, 0.1) is 27.7 Å². The number of unbranched alkanes of at least 4 members (excludes halogenated alkanes) is 12. The minimum Gasteiger partial charge on any atom is -0.756 e. The van der Waals surface area contributed by atoms with Crippen LogP contribution in [0.4, 0.5) is 0 Å². The first kappa shape index (κ1) is 33.0. The van der Waals surface area contributed by atoms with Crippen molar-refractivity contribution in [1.29, 1.82) is 0 Å². The number of carboxylic acid groups (broad SMARTS) is 1. The van der Waals surface area contributed by atoms with Crippen molar-refractivity contribution in [1.82, 2.24) is 5.32 Å². The average Bonchev–Trinajstić information content (AvgIpc) is 2.73. The molecule has 34 heavy (non-hydrogen) atoms. The van der Waals surface area contributed by atoms with E-state index in [1.165, 1.54) is 57.8 Å². The second-order valence-corrected chi connectivity index (χ2v) is 11.5. The molecular weight excluding hydrogens is 459 g/mol. The van der Waals surface area contributed by atoms with Crippen molar-refractivity contribution in [2.75, 3.05) is 40.9 Å². The number of hydrogen-bond donors (Lipinski definition) is 2. The van der Waals surface area contributed by atoms with E-state index in [0.717, 1.165) is 19.3 Å². The lowest BCUT2D eigenvalue weighted by atomic mass is 10.0. The van der Waals surface area contributed by atoms with Crippen LogP contribution in [-0.2, 0) is 23.2 Å². The van der Waals surface area contributed by atoms with Crippen molar-refractivity contribution in [3.05, 3.63) is 0 Å². The van der Waals surface area contributed by atoms with Crippen molar-refractivity contribution in [2.45, 2.75) is 103 Å². The summed E-state index contributed by atoms with van der Waals surface area (Å²) in [6.45, 7) is 1.89. The Hall–Kier alpha value is -0.990. The second-order valence-electron chi connectivity index (χ2n) is 10.0. The fraction of sp³-hybridized carbons (Fsp3) is 0.917. The molecule has 0 aromatic rings. The molecule has 0 saturated carbocycles. The van der Waals surface area contributed by atoms with Crippen LogP contribution in [0.25, 0.3) is 0 Å². The highest BCUT2D eigenvalue weighted by atomic mass is 31.2. The summed E-state index contributed by atoms with van der Waals surface area (Å²) in [5.74, 6) is -1.78. The van der Waals surface area contributed by atoms with E-state index >= 15 is 0 Å². The van der Waals surface area contributed by atoms with Gasteiger partial charge >= 0.3 is 5.97 Å². The molecule has 0 spiro atoms. The molecule has 0 aromatic carbocycles. The van der Waals surface area contributed by atoms with Crippen molar-refractivity contribution < 1.29 is 37.7 Å². The Balaban J connectivity index is 3.90. The Morgan fingerprint density at radius 3 is 1.79 bits per heavy atom. The lowest BCUT2D eigenvalue weighted by molar-refractivity contribution is -0.870. The van der Waals surface area contributed by atoms with E-state index in [4.69, 9.17) is 4.52 Å². The van der Waals surface area contributed by atoms with E-state index in [1.54, 1.807) is 0 Å². The molecule has 202 valence electrons. The zero-order valence-corrected chi connectivity index (χ0v) is 22.8. The molecule has 1 amide bonds. The number of carboxylic acids is 1. The predicted octanol–water partition coefficient (Wildman–Crippen LogP) is 4.24. The highest BCUT2D eigenvalue weighted by Gasteiger charge is 2.23. The summed E-state index contributed by atoms with van der Waals surface area (Å²) in [4.78, 5) is 35.2. The Labute approximate surface area is 206 Å². The van der Waals surface area contributed by atoms with Crippen LogP contribution in [0.1, 0.15) is 96.8 Å². The van der Waals surface area contributed by atoms with Gasteiger partial charge in [0.25, 0.3) is 7.82 Å². The molecule has 2 N–H and O–H groups in total. The van der Waals surface area contributed by atoms with Gasteiger partial charge in [0.15, 0.2) is 6.04 Å². The quantitative estimate of drug-likeness (QED) is 0.120. The Morgan fingerprint density at radius 1 is 0.882 bits per heavy atom. The molecule has 0 aliphatic rings.